The number of hydrogen-bond donors (Lipinski definition) is 0. The van der Waals surface area contributed by atoms with E-state index in [0.717, 1.165) is 16.4 Å². The van der Waals surface area contributed by atoms with Crippen molar-refractivity contribution in [2.45, 2.75) is 0 Å². The molecule has 0 radical (unpaired) electrons. The quantitative estimate of drug-likeness (QED) is 0.694. The molecule has 2 heterocycles. The topological polar surface area (TPSA) is 34.4 Å². The zero-order valence-electron chi connectivity index (χ0n) is 6.07. The monoisotopic (exact) mass is 224 g/mol. The van der Waals surface area contributed by atoms with E-state index in [9.17, 15) is 4.79 Å². The summed E-state index contributed by atoms with van der Waals surface area (Å²) in [4.78, 5) is 14.6. The molecule has 0 saturated heterocycles. The van der Waals surface area contributed by atoms with Crippen LogP contribution in [0.15, 0.2) is 29.1 Å². The molecule has 0 aromatic carbocycles. The molecule has 0 fully saturated rings. The summed E-state index contributed by atoms with van der Waals surface area (Å²) >= 11 is 3.28. The molecule has 0 aliphatic rings. The minimum Gasteiger partial charge on any atom is -0.296 e. The Kier molecular flexibility index (Phi) is 1.69. The molecule has 0 bridgehead atoms. The Balaban J connectivity index is 2.89. The minimum atomic E-state index is 0.603. The standard InChI is InChI=1S/C8H5BrN2O/c9-8-7-3-1-2-6(4-12)11(7)5-10-8/h1-5H. The normalized spacial score (nSPS) is 10.4. The molecule has 2 aromatic rings. The van der Waals surface area contributed by atoms with Crippen molar-refractivity contribution in [1.29, 1.82) is 0 Å². The Hall–Kier alpha value is -1.16. The smallest absolute Gasteiger partial charge is 0.166 e. The van der Waals surface area contributed by atoms with Crippen LogP contribution in [0.25, 0.3) is 5.52 Å². The van der Waals surface area contributed by atoms with E-state index in [1.165, 1.54) is 0 Å². The van der Waals surface area contributed by atoms with Crippen LogP contribution in [0.3, 0.4) is 0 Å². The van der Waals surface area contributed by atoms with Crippen LogP contribution >= 0.6 is 15.9 Å². The predicted molar refractivity (Wildman–Crippen MR) is 48.3 cm³/mol. The lowest BCUT2D eigenvalue weighted by molar-refractivity contribution is 0.111. The number of fused-ring (bicyclic) bond motifs is 1. The second-order valence-corrected chi connectivity index (χ2v) is 3.11. The summed E-state index contributed by atoms with van der Waals surface area (Å²) in [7, 11) is 0. The number of aldehydes is 1. The number of halogens is 1. The highest BCUT2D eigenvalue weighted by Crippen LogP contribution is 2.16. The summed E-state index contributed by atoms with van der Waals surface area (Å²) in [5, 5.41) is 0. The third kappa shape index (κ3) is 0.956. The number of carbonyl (C=O) groups excluding carboxylic acids is 1. The van der Waals surface area contributed by atoms with Crippen molar-refractivity contribution >= 4 is 27.7 Å². The average Bonchev–Trinajstić information content (AvgIpc) is 2.48. The van der Waals surface area contributed by atoms with Gasteiger partial charge in [-0.25, -0.2) is 4.98 Å². The van der Waals surface area contributed by atoms with Gasteiger partial charge >= 0.3 is 0 Å². The van der Waals surface area contributed by atoms with Gasteiger partial charge < -0.3 is 0 Å². The number of rotatable bonds is 1. The number of aromatic nitrogens is 2. The molecule has 12 heavy (non-hydrogen) atoms. The molecule has 60 valence electrons. The lowest BCUT2D eigenvalue weighted by Gasteiger charge is -1.95. The Morgan fingerprint density at radius 2 is 2.33 bits per heavy atom. The van der Waals surface area contributed by atoms with Gasteiger partial charge in [0.25, 0.3) is 0 Å². The van der Waals surface area contributed by atoms with E-state index in [0.29, 0.717) is 5.69 Å². The van der Waals surface area contributed by atoms with Gasteiger partial charge in [0.15, 0.2) is 6.29 Å². The molecule has 0 N–H and O–H groups in total. The fraction of sp³-hybridized carbons (Fsp3) is 0. The molecule has 4 heteroatoms. The maximum atomic E-state index is 10.6. The molecular weight excluding hydrogens is 220 g/mol. The van der Waals surface area contributed by atoms with Crippen molar-refractivity contribution in [3.05, 3.63) is 34.8 Å². The van der Waals surface area contributed by atoms with Gasteiger partial charge in [0.1, 0.15) is 10.9 Å². The summed E-state index contributed by atoms with van der Waals surface area (Å²) in [5.41, 5.74) is 1.50. The Morgan fingerprint density at radius 1 is 1.50 bits per heavy atom. The van der Waals surface area contributed by atoms with Crippen LogP contribution in [0.2, 0.25) is 0 Å². The van der Waals surface area contributed by atoms with Gasteiger partial charge in [-0.3, -0.25) is 9.20 Å². The van der Waals surface area contributed by atoms with Crippen LogP contribution < -0.4 is 0 Å². The Bertz CT molecular complexity index is 436. The number of nitrogens with zero attached hydrogens (tertiary/aromatic N) is 2. The number of carbonyl (C=O) groups is 1. The van der Waals surface area contributed by atoms with Gasteiger partial charge in [-0.15, -0.1) is 0 Å². The molecule has 0 atom stereocenters. The van der Waals surface area contributed by atoms with Gasteiger partial charge in [0.2, 0.25) is 0 Å². The van der Waals surface area contributed by atoms with E-state index < -0.39 is 0 Å². The van der Waals surface area contributed by atoms with Gasteiger partial charge in [-0.1, -0.05) is 6.07 Å². The summed E-state index contributed by atoms with van der Waals surface area (Å²) in [6, 6.07) is 5.46. The molecular formula is C8H5BrN2O. The Morgan fingerprint density at radius 3 is 3.08 bits per heavy atom. The van der Waals surface area contributed by atoms with E-state index in [1.54, 1.807) is 16.8 Å². The first kappa shape index (κ1) is 7.49. The van der Waals surface area contributed by atoms with Crippen LogP contribution in [-0.4, -0.2) is 15.7 Å². The van der Waals surface area contributed by atoms with E-state index in [4.69, 9.17) is 0 Å². The van der Waals surface area contributed by atoms with Gasteiger partial charge in [-0.05, 0) is 28.1 Å². The molecule has 3 nitrogen and oxygen atoms in total. The SMILES string of the molecule is O=Cc1cccc2c(Br)ncn12. The van der Waals surface area contributed by atoms with E-state index >= 15 is 0 Å². The number of pyridine rings is 1. The third-order valence-corrected chi connectivity index (χ3v) is 2.29. The van der Waals surface area contributed by atoms with Gasteiger partial charge in [0, 0.05) is 0 Å². The maximum absolute atomic E-state index is 10.6. The molecule has 0 aliphatic heterocycles. The van der Waals surface area contributed by atoms with Crippen molar-refractivity contribution in [1.82, 2.24) is 9.38 Å². The molecule has 0 amide bonds. The molecule has 0 saturated carbocycles. The predicted octanol–water partition coefficient (Wildman–Crippen LogP) is 1.91. The van der Waals surface area contributed by atoms with Crippen LogP contribution in [0, 0.1) is 0 Å². The largest absolute Gasteiger partial charge is 0.296 e. The van der Waals surface area contributed by atoms with Crippen LogP contribution in [0.5, 0.6) is 0 Å². The van der Waals surface area contributed by atoms with E-state index in [2.05, 4.69) is 20.9 Å². The van der Waals surface area contributed by atoms with E-state index in [1.807, 2.05) is 12.1 Å². The zero-order valence-corrected chi connectivity index (χ0v) is 7.65. The molecule has 0 unspecified atom stereocenters. The first-order valence-corrected chi connectivity index (χ1v) is 4.19. The second-order valence-electron chi connectivity index (χ2n) is 2.36. The molecule has 2 aromatic heterocycles. The lowest BCUT2D eigenvalue weighted by atomic mass is 10.3. The summed E-state index contributed by atoms with van der Waals surface area (Å²) in [5.74, 6) is 0. The number of hydrogen-bond acceptors (Lipinski definition) is 2. The molecule has 2 rings (SSSR count). The van der Waals surface area contributed by atoms with Crippen molar-refractivity contribution in [2.75, 3.05) is 0 Å². The highest BCUT2D eigenvalue weighted by atomic mass is 79.9. The average molecular weight is 225 g/mol. The fourth-order valence-corrected chi connectivity index (χ4v) is 1.52. The second kappa shape index (κ2) is 2.71. The molecule has 0 aliphatic carbocycles. The Labute approximate surface area is 77.2 Å². The van der Waals surface area contributed by atoms with Gasteiger partial charge in [-0.2, -0.15) is 0 Å². The first-order valence-electron chi connectivity index (χ1n) is 3.39. The zero-order chi connectivity index (χ0) is 8.55. The van der Waals surface area contributed by atoms with Crippen LogP contribution in [-0.2, 0) is 0 Å². The van der Waals surface area contributed by atoms with Crippen molar-refractivity contribution in [3.8, 4) is 0 Å². The highest BCUT2D eigenvalue weighted by molar-refractivity contribution is 9.10. The van der Waals surface area contributed by atoms with Crippen molar-refractivity contribution < 1.29 is 4.79 Å². The van der Waals surface area contributed by atoms with E-state index in [-0.39, 0.29) is 0 Å². The summed E-state index contributed by atoms with van der Waals surface area (Å²) < 4.78 is 2.49. The van der Waals surface area contributed by atoms with Crippen LogP contribution in [0.1, 0.15) is 10.5 Å². The lowest BCUT2D eigenvalue weighted by Crippen LogP contribution is -1.91. The highest BCUT2D eigenvalue weighted by Gasteiger charge is 2.02. The maximum Gasteiger partial charge on any atom is 0.166 e. The van der Waals surface area contributed by atoms with Crippen molar-refractivity contribution in [3.63, 3.8) is 0 Å². The fourth-order valence-electron chi connectivity index (χ4n) is 1.11. The van der Waals surface area contributed by atoms with Gasteiger partial charge in [0.05, 0.1) is 11.2 Å². The minimum absolute atomic E-state index is 0.603. The summed E-state index contributed by atoms with van der Waals surface area (Å²) in [6.45, 7) is 0. The number of imidazole rings is 1. The summed E-state index contributed by atoms with van der Waals surface area (Å²) in [6.07, 6.45) is 2.42. The third-order valence-electron chi connectivity index (χ3n) is 1.68. The van der Waals surface area contributed by atoms with Crippen LogP contribution in [0.4, 0.5) is 0 Å². The van der Waals surface area contributed by atoms with Crippen molar-refractivity contribution in [2.24, 2.45) is 0 Å². The molecule has 0 spiro atoms. The first-order chi connectivity index (χ1) is 5.83.